The van der Waals surface area contributed by atoms with Crippen LogP contribution in [-0.2, 0) is 54.3 Å². The fraction of sp³-hybridized carbons (Fsp3) is 0.417. The molecule has 3 aliphatic rings. The molecule has 2 aliphatic heterocycles. The molecule has 3 aromatic carbocycles. The number of fused-ring (bicyclic) bond motifs is 2. The Balaban J connectivity index is 0.968. The molecule has 3 aromatic rings. The Hall–Kier alpha value is -9.02. The Morgan fingerprint density at radius 3 is 2.02 bits per heavy atom. The summed E-state index contributed by atoms with van der Waals surface area (Å²) in [5, 5.41) is 59.5. The van der Waals surface area contributed by atoms with Crippen LogP contribution in [0, 0.1) is 11.6 Å². The van der Waals surface area contributed by atoms with Gasteiger partial charge in [-0.2, -0.15) is 0 Å². The van der Waals surface area contributed by atoms with E-state index in [0.29, 0.717) is 6.42 Å². The molecule has 1 saturated heterocycles. The van der Waals surface area contributed by atoms with Gasteiger partial charge in [0.2, 0.25) is 35.0 Å². The predicted molar refractivity (Wildman–Crippen MR) is 314 cm³/mol. The van der Waals surface area contributed by atoms with Crippen LogP contribution in [-0.4, -0.2) is 151 Å². The number of carboxylic acids is 4. The van der Waals surface area contributed by atoms with Crippen molar-refractivity contribution in [2.45, 2.75) is 133 Å². The van der Waals surface area contributed by atoms with E-state index in [4.69, 9.17) is 19.0 Å². The third kappa shape index (κ3) is 19.0. The number of carboxylic acid groups (broad SMARTS) is 4. The quantitative estimate of drug-likeness (QED) is 0.0143. The number of benzene rings is 4. The largest absolute Gasteiger partial charge is 0.505 e. The lowest BCUT2D eigenvalue weighted by molar-refractivity contribution is -0.141. The third-order valence-electron chi connectivity index (χ3n) is 14.2. The van der Waals surface area contributed by atoms with Crippen LogP contribution in [0.5, 0.6) is 5.75 Å². The first kappa shape index (κ1) is 68.1. The average molecular weight is 1250 g/mol. The third-order valence-corrected chi connectivity index (χ3v) is 15.6. The Labute approximate surface area is 506 Å². The zero-order chi connectivity index (χ0) is 64.8. The summed E-state index contributed by atoms with van der Waals surface area (Å²) in [4.78, 5) is 140. The molecule has 10 N–H and O–H groups in total. The summed E-state index contributed by atoms with van der Waals surface area (Å²) < 4.78 is 47.4. The van der Waals surface area contributed by atoms with Gasteiger partial charge in [-0.05, 0) is 95.7 Å². The van der Waals surface area contributed by atoms with Crippen LogP contribution in [0.25, 0.3) is 33.4 Å². The summed E-state index contributed by atoms with van der Waals surface area (Å²) in [7, 11) is 0. The van der Waals surface area contributed by atoms with Crippen molar-refractivity contribution >= 4 is 87.9 Å². The van der Waals surface area contributed by atoms with Crippen LogP contribution in [0.3, 0.4) is 0 Å². The standard InChI is InChI=1S/C60H68F2N6O19S/c1-31(30-88-47-29-50(73)68(54(47)77)33-11-12-34(35(24-33)55(78)79)52-36-25-38(61)43(69)27-45(36)87-46-28-44(70)39(62)26-37(46)52)64-53(76)42(23-32-9-7-6-8-10-32)65-49(72)17-18-59(2,3)85-21-19-60(4,5)86-22-20-63-48(71)15-13-40(56(80)81)66-58(84)67-41(57(82)83)14-16-51(74)75/h6-12,24-28,31,40-42,47,69H,13-23,29-30H2,1-5H3,(H,63,71)(H,64,76)(H,65,72)(H,74,75)(H,78,79)(H,80,81)(H,82,83)(H2,66,67,84)/t31-,40+,41+,42+,47?/m1/s1. The Bertz CT molecular complexity index is 3490. The number of aromatic hydroxyl groups is 1. The molecule has 1 unspecified atom stereocenters. The smallest absolute Gasteiger partial charge is 0.336 e. The Kier molecular flexibility index (Phi) is 23.3. The summed E-state index contributed by atoms with van der Waals surface area (Å²) in [6, 6.07) is 10.1. The number of phenols is 1. The number of amides is 7. The summed E-state index contributed by atoms with van der Waals surface area (Å²) in [6.45, 7) is 9.22. The van der Waals surface area contributed by atoms with Crippen LogP contribution < -0.4 is 36.9 Å². The molecule has 2 heterocycles. The predicted octanol–water partition coefficient (Wildman–Crippen LogP) is 5.57. The van der Waals surface area contributed by atoms with Crippen molar-refractivity contribution < 1.29 is 96.1 Å². The van der Waals surface area contributed by atoms with Crippen molar-refractivity contribution in [3.63, 3.8) is 0 Å². The number of imide groups is 1. The second-order valence-corrected chi connectivity index (χ2v) is 23.3. The maximum absolute atomic E-state index is 14.8. The van der Waals surface area contributed by atoms with E-state index in [-0.39, 0.29) is 103 Å². The van der Waals surface area contributed by atoms with Gasteiger partial charge in [-0.15, -0.1) is 11.8 Å². The molecule has 28 heteroatoms. The summed E-state index contributed by atoms with van der Waals surface area (Å²) >= 11 is 1.08. The van der Waals surface area contributed by atoms with Crippen LogP contribution in [0.2, 0.25) is 0 Å². The van der Waals surface area contributed by atoms with Gasteiger partial charge in [0.05, 0.1) is 40.9 Å². The fourth-order valence-electron chi connectivity index (χ4n) is 9.39. The van der Waals surface area contributed by atoms with E-state index < -0.39 is 141 Å². The van der Waals surface area contributed by atoms with E-state index in [2.05, 4.69) is 21.3 Å². The van der Waals surface area contributed by atoms with E-state index in [1.807, 2.05) is 5.32 Å². The molecule has 0 radical (unpaired) electrons. The van der Waals surface area contributed by atoms with Crippen molar-refractivity contribution in [2.75, 3.05) is 30.4 Å². The first-order valence-electron chi connectivity index (χ1n) is 27.8. The van der Waals surface area contributed by atoms with E-state index in [9.17, 15) is 81.9 Å². The highest BCUT2D eigenvalue weighted by Crippen LogP contribution is 2.44. The highest BCUT2D eigenvalue weighted by Gasteiger charge is 2.41. The number of urea groups is 1. The zero-order valence-corrected chi connectivity index (χ0v) is 49.4. The number of aliphatic carboxylic acids is 3. The highest BCUT2D eigenvalue weighted by atomic mass is 32.2. The van der Waals surface area contributed by atoms with Gasteiger partial charge in [-0.25, -0.2) is 32.9 Å². The van der Waals surface area contributed by atoms with Crippen LogP contribution in [0.4, 0.5) is 19.3 Å². The summed E-state index contributed by atoms with van der Waals surface area (Å²) in [6.07, 6.45) is -1.19. The highest BCUT2D eigenvalue weighted by molar-refractivity contribution is 8.00. The molecule has 0 spiro atoms. The maximum atomic E-state index is 14.8. The number of aromatic carboxylic acids is 1. The molecule has 0 saturated carbocycles. The van der Waals surface area contributed by atoms with Gasteiger partial charge in [0.25, 0.3) is 0 Å². The molecule has 1 aliphatic carbocycles. The van der Waals surface area contributed by atoms with Crippen molar-refractivity contribution in [1.82, 2.24) is 26.6 Å². The number of thioether (sulfide) groups is 1. The zero-order valence-electron chi connectivity index (χ0n) is 48.6. The number of hydrogen-bond acceptors (Lipinski definition) is 16. The number of hydrogen-bond donors (Lipinski definition) is 10. The van der Waals surface area contributed by atoms with Gasteiger partial charge in [0.15, 0.2) is 17.4 Å². The maximum Gasteiger partial charge on any atom is 0.336 e. The molecule has 0 bridgehead atoms. The molecule has 472 valence electrons. The van der Waals surface area contributed by atoms with Crippen LogP contribution >= 0.6 is 11.8 Å². The van der Waals surface area contributed by atoms with Gasteiger partial charge >= 0.3 is 29.9 Å². The van der Waals surface area contributed by atoms with E-state index in [1.165, 1.54) is 12.1 Å². The molecule has 7 amide bonds. The summed E-state index contributed by atoms with van der Waals surface area (Å²) in [5.41, 5.74) is -2.90. The van der Waals surface area contributed by atoms with E-state index in [1.54, 1.807) is 65.0 Å². The minimum atomic E-state index is -1.59. The first-order valence-corrected chi connectivity index (χ1v) is 28.8. The number of phenolic OH excluding ortho intramolecular Hbond substituents is 1. The SMILES string of the molecule is C[C@H](CSC1CC(=O)N(c2ccc(-c3c4cc(F)c(=O)cc-4oc4cc(O)c(F)cc34)c(C(=O)O)c2)C1=O)NC(=O)[C@H](Cc1ccccc1)NC(=O)CCC(C)(C)OCCC(C)(C)OCCNC(=O)CC[C@H](NC(=O)N[C@@H](CCC(=O)O)C(=O)O)C(=O)O. The van der Waals surface area contributed by atoms with Crippen molar-refractivity contribution in [3.8, 4) is 28.2 Å². The summed E-state index contributed by atoms with van der Waals surface area (Å²) in [5.74, 6) is -11.9. The first-order chi connectivity index (χ1) is 41.4. The van der Waals surface area contributed by atoms with Crippen molar-refractivity contribution in [3.05, 3.63) is 106 Å². The second-order valence-electron chi connectivity index (χ2n) is 22.1. The topological polar surface area (TPSA) is 384 Å². The molecular weight excluding hydrogens is 1180 g/mol. The van der Waals surface area contributed by atoms with Gasteiger partial charge in [0, 0.05) is 79.1 Å². The van der Waals surface area contributed by atoms with Crippen molar-refractivity contribution in [2.24, 2.45) is 0 Å². The number of rotatable bonds is 32. The minimum Gasteiger partial charge on any atom is -0.505 e. The lowest BCUT2D eigenvalue weighted by Gasteiger charge is -2.30. The fourth-order valence-corrected chi connectivity index (χ4v) is 10.5. The number of halogens is 2. The lowest BCUT2D eigenvalue weighted by Crippen LogP contribution is -2.51. The van der Waals surface area contributed by atoms with E-state index >= 15 is 0 Å². The van der Waals surface area contributed by atoms with Gasteiger partial charge in [-0.1, -0.05) is 36.4 Å². The van der Waals surface area contributed by atoms with Gasteiger partial charge < -0.3 is 66.0 Å². The molecule has 25 nitrogen and oxygen atoms in total. The van der Waals surface area contributed by atoms with Crippen molar-refractivity contribution in [1.29, 1.82) is 0 Å². The monoisotopic (exact) mass is 1250 g/mol. The number of carbonyl (C=O) groups excluding carboxylic acids is 6. The van der Waals surface area contributed by atoms with Gasteiger partial charge in [0.1, 0.15) is 29.5 Å². The number of nitrogens with one attached hydrogen (secondary N) is 5. The normalized spacial score (nSPS) is 14.9. The van der Waals surface area contributed by atoms with Crippen LogP contribution in [0.15, 0.2) is 82.0 Å². The average Bonchev–Trinajstić information content (AvgIpc) is 0.892. The molecular formula is C60H68F2N6O19S. The molecule has 5 atom stereocenters. The number of ether oxygens (including phenoxy) is 2. The number of carbonyl (C=O) groups is 10. The second kappa shape index (κ2) is 30.1. The molecule has 6 rings (SSSR count). The molecule has 1 fully saturated rings. The Morgan fingerprint density at radius 2 is 1.38 bits per heavy atom. The minimum absolute atomic E-state index is 0.0250. The molecule has 0 aromatic heterocycles. The van der Waals surface area contributed by atoms with E-state index in [0.717, 1.165) is 52.6 Å². The van der Waals surface area contributed by atoms with Gasteiger partial charge in [-0.3, -0.25) is 33.6 Å². The van der Waals surface area contributed by atoms with Crippen LogP contribution in [0.1, 0.15) is 102 Å². The number of nitrogens with zero attached hydrogens (tertiary/aromatic N) is 1. The lowest BCUT2D eigenvalue weighted by atomic mass is 9.90. The Morgan fingerprint density at radius 1 is 0.727 bits per heavy atom. The number of anilines is 1. The molecule has 88 heavy (non-hydrogen) atoms.